The second kappa shape index (κ2) is 5.05. The molecule has 1 saturated heterocycles. The van der Waals surface area contributed by atoms with Crippen LogP contribution in [0.4, 0.5) is 15.8 Å². The Bertz CT molecular complexity index is 476. The van der Waals surface area contributed by atoms with Crippen LogP contribution in [0.15, 0.2) is 12.1 Å². The summed E-state index contributed by atoms with van der Waals surface area (Å²) in [6.07, 6.45) is 0.439. The fourth-order valence-corrected chi connectivity index (χ4v) is 2.26. The minimum Gasteiger partial charge on any atom is -0.465 e. The first-order chi connectivity index (χ1) is 9.01. The molecule has 0 saturated carbocycles. The second-order valence-corrected chi connectivity index (χ2v) is 4.57. The van der Waals surface area contributed by atoms with Crippen molar-refractivity contribution in [3.8, 4) is 0 Å². The molecule has 0 spiro atoms. The molecule has 1 aliphatic rings. The van der Waals surface area contributed by atoms with E-state index in [0.717, 1.165) is 0 Å². The summed E-state index contributed by atoms with van der Waals surface area (Å²) in [6.45, 7) is 2.56. The molecule has 104 valence electrons. The van der Waals surface area contributed by atoms with Gasteiger partial charge < -0.3 is 20.9 Å². The lowest BCUT2D eigenvalue weighted by atomic mass is 9.79. The maximum Gasteiger partial charge on any atom is 0.319 e. The molecule has 6 heteroatoms. The highest BCUT2D eigenvalue weighted by Crippen LogP contribution is 2.37. The summed E-state index contributed by atoms with van der Waals surface area (Å²) in [5.41, 5.74) is 10.6. The smallest absolute Gasteiger partial charge is 0.319 e. The van der Waals surface area contributed by atoms with Crippen LogP contribution in [0, 0.1) is 5.82 Å². The van der Waals surface area contributed by atoms with Crippen LogP contribution in [0.25, 0.3) is 0 Å². The van der Waals surface area contributed by atoms with Crippen LogP contribution in [0.5, 0.6) is 0 Å². The lowest BCUT2D eigenvalue weighted by molar-refractivity contribution is -0.150. The Morgan fingerprint density at radius 2 is 2.26 bits per heavy atom. The molecule has 1 aromatic rings. The lowest BCUT2D eigenvalue weighted by Crippen LogP contribution is -2.38. The highest BCUT2D eigenvalue weighted by molar-refractivity contribution is 5.85. The number of carbonyl (C=O) groups excluding carboxylic acids is 1. The predicted molar refractivity (Wildman–Crippen MR) is 69.0 cm³/mol. The van der Waals surface area contributed by atoms with Crippen LogP contribution in [0.3, 0.4) is 0 Å². The van der Waals surface area contributed by atoms with Gasteiger partial charge in [0, 0.05) is 6.61 Å². The SMILES string of the molecule is CCOC(=O)C1(c2cc(N)c(N)c(F)c2)CCOC1. The summed E-state index contributed by atoms with van der Waals surface area (Å²) in [6, 6.07) is 2.75. The van der Waals surface area contributed by atoms with E-state index in [1.165, 1.54) is 12.1 Å². The van der Waals surface area contributed by atoms with Gasteiger partial charge in [-0.05, 0) is 31.0 Å². The Labute approximate surface area is 110 Å². The van der Waals surface area contributed by atoms with Crippen LogP contribution >= 0.6 is 0 Å². The van der Waals surface area contributed by atoms with Crippen molar-refractivity contribution in [3.63, 3.8) is 0 Å². The Morgan fingerprint density at radius 3 is 2.79 bits per heavy atom. The molecule has 19 heavy (non-hydrogen) atoms. The Balaban J connectivity index is 2.48. The van der Waals surface area contributed by atoms with Gasteiger partial charge in [-0.15, -0.1) is 0 Å². The summed E-state index contributed by atoms with van der Waals surface area (Å²) in [5, 5.41) is 0. The average molecular weight is 268 g/mol. The van der Waals surface area contributed by atoms with Gasteiger partial charge in [-0.2, -0.15) is 0 Å². The maximum atomic E-state index is 13.7. The number of benzene rings is 1. The number of nitrogen functional groups attached to an aromatic ring is 2. The molecule has 1 heterocycles. The summed E-state index contributed by atoms with van der Waals surface area (Å²) >= 11 is 0. The molecule has 2 rings (SSSR count). The molecule has 0 aliphatic carbocycles. The van der Waals surface area contributed by atoms with Crippen molar-refractivity contribution < 1.29 is 18.7 Å². The Morgan fingerprint density at radius 1 is 1.53 bits per heavy atom. The summed E-state index contributed by atoms with van der Waals surface area (Å²) in [5.74, 6) is -1.05. The van der Waals surface area contributed by atoms with Crippen LogP contribution in [0.2, 0.25) is 0 Å². The van der Waals surface area contributed by atoms with E-state index >= 15 is 0 Å². The van der Waals surface area contributed by atoms with Gasteiger partial charge in [0.25, 0.3) is 0 Å². The fourth-order valence-electron chi connectivity index (χ4n) is 2.26. The van der Waals surface area contributed by atoms with Gasteiger partial charge in [0.1, 0.15) is 11.2 Å². The van der Waals surface area contributed by atoms with Crippen LogP contribution < -0.4 is 11.5 Å². The summed E-state index contributed by atoms with van der Waals surface area (Å²) < 4.78 is 24.1. The number of rotatable bonds is 3. The molecule has 1 fully saturated rings. The van der Waals surface area contributed by atoms with Crippen LogP contribution in [-0.2, 0) is 19.7 Å². The van der Waals surface area contributed by atoms with Crippen LogP contribution in [-0.4, -0.2) is 25.8 Å². The van der Waals surface area contributed by atoms with Crippen molar-refractivity contribution in [1.82, 2.24) is 0 Å². The van der Waals surface area contributed by atoms with Crippen molar-refractivity contribution in [2.24, 2.45) is 0 Å². The number of hydrogen-bond acceptors (Lipinski definition) is 5. The zero-order chi connectivity index (χ0) is 14.0. The van der Waals surface area contributed by atoms with E-state index in [0.29, 0.717) is 18.6 Å². The Kier molecular flexibility index (Phi) is 3.61. The highest BCUT2D eigenvalue weighted by Gasteiger charge is 2.46. The van der Waals surface area contributed by atoms with Crippen molar-refractivity contribution >= 4 is 17.3 Å². The number of esters is 1. The van der Waals surface area contributed by atoms with Gasteiger partial charge in [-0.25, -0.2) is 4.39 Å². The van der Waals surface area contributed by atoms with Crippen molar-refractivity contribution in [2.45, 2.75) is 18.8 Å². The van der Waals surface area contributed by atoms with Gasteiger partial charge in [-0.3, -0.25) is 4.79 Å². The average Bonchev–Trinajstić information content (AvgIpc) is 2.86. The first-order valence-corrected chi connectivity index (χ1v) is 6.11. The molecule has 0 amide bonds. The van der Waals surface area contributed by atoms with Gasteiger partial charge in [0.15, 0.2) is 0 Å². The predicted octanol–water partition coefficient (Wildman–Crippen LogP) is 1.21. The van der Waals surface area contributed by atoms with Crippen molar-refractivity contribution in [1.29, 1.82) is 0 Å². The van der Waals surface area contributed by atoms with Gasteiger partial charge >= 0.3 is 5.97 Å². The van der Waals surface area contributed by atoms with Gasteiger partial charge in [0.2, 0.25) is 0 Å². The van der Waals surface area contributed by atoms with Gasteiger partial charge in [-0.1, -0.05) is 0 Å². The van der Waals surface area contributed by atoms with Gasteiger partial charge in [0.05, 0.1) is 24.6 Å². The number of halogens is 1. The maximum absolute atomic E-state index is 13.7. The van der Waals surface area contributed by atoms with E-state index in [1.807, 2.05) is 0 Å². The van der Waals surface area contributed by atoms with E-state index < -0.39 is 17.2 Å². The van der Waals surface area contributed by atoms with E-state index in [9.17, 15) is 9.18 Å². The monoisotopic (exact) mass is 268 g/mol. The third kappa shape index (κ3) is 2.23. The number of hydrogen-bond donors (Lipinski definition) is 2. The lowest BCUT2D eigenvalue weighted by Gasteiger charge is -2.26. The first-order valence-electron chi connectivity index (χ1n) is 6.11. The molecule has 0 radical (unpaired) electrons. The minimum absolute atomic E-state index is 0.110. The number of anilines is 2. The number of carbonyl (C=O) groups is 1. The third-order valence-corrected chi connectivity index (χ3v) is 3.40. The topological polar surface area (TPSA) is 87.6 Å². The Hall–Kier alpha value is -1.82. The molecule has 1 aromatic carbocycles. The number of nitrogens with two attached hydrogens (primary N) is 2. The van der Waals surface area contributed by atoms with Crippen molar-refractivity contribution in [3.05, 3.63) is 23.5 Å². The molecule has 5 nitrogen and oxygen atoms in total. The molecular weight excluding hydrogens is 251 g/mol. The number of ether oxygens (including phenoxy) is 2. The third-order valence-electron chi connectivity index (χ3n) is 3.40. The molecule has 0 aromatic heterocycles. The quantitative estimate of drug-likeness (QED) is 0.635. The molecule has 1 unspecified atom stereocenters. The van der Waals surface area contributed by atoms with E-state index in [1.54, 1.807) is 6.92 Å². The molecule has 4 N–H and O–H groups in total. The van der Waals surface area contributed by atoms with E-state index in [4.69, 9.17) is 20.9 Å². The zero-order valence-corrected chi connectivity index (χ0v) is 10.7. The van der Waals surface area contributed by atoms with Crippen molar-refractivity contribution in [2.75, 3.05) is 31.3 Å². The first kappa shape index (κ1) is 13.6. The molecule has 0 bridgehead atoms. The van der Waals surface area contributed by atoms with Crippen LogP contribution in [0.1, 0.15) is 18.9 Å². The molecule has 1 atom stereocenters. The zero-order valence-electron chi connectivity index (χ0n) is 10.7. The highest BCUT2D eigenvalue weighted by atomic mass is 19.1. The normalized spacial score (nSPS) is 22.4. The van der Waals surface area contributed by atoms with E-state index in [-0.39, 0.29) is 24.6 Å². The fraction of sp³-hybridized carbons (Fsp3) is 0.462. The standard InChI is InChI=1S/C13H17FN2O3/c1-2-19-12(17)13(3-4-18-7-13)8-5-9(14)11(16)10(15)6-8/h5-6H,2-4,7,15-16H2,1H3. The molecule has 1 aliphatic heterocycles. The summed E-state index contributed by atoms with van der Waals surface area (Å²) in [4.78, 5) is 12.2. The van der Waals surface area contributed by atoms with E-state index in [2.05, 4.69) is 0 Å². The largest absolute Gasteiger partial charge is 0.465 e. The molecular formula is C13H17FN2O3. The minimum atomic E-state index is -0.987. The summed E-state index contributed by atoms with van der Waals surface area (Å²) in [7, 11) is 0. The second-order valence-electron chi connectivity index (χ2n) is 4.57.